The Hall–Kier alpha value is -2.54. The smallest absolute Gasteiger partial charge is 0.274 e. The number of aryl methyl sites for hydroxylation is 1. The van der Waals surface area contributed by atoms with Crippen LogP contribution in [0, 0.1) is 6.92 Å². The van der Waals surface area contributed by atoms with Crippen molar-refractivity contribution in [2.45, 2.75) is 32.7 Å². The van der Waals surface area contributed by atoms with E-state index in [2.05, 4.69) is 20.6 Å². The van der Waals surface area contributed by atoms with Crippen molar-refractivity contribution in [3.05, 3.63) is 58.3 Å². The lowest BCUT2D eigenvalue weighted by Crippen LogP contribution is -2.43. The van der Waals surface area contributed by atoms with Gasteiger partial charge in [-0.15, -0.1) is 16.4 Å². The van der Waals surface area contributed by atoms with Crippen molar-refractivity contribution >= 4 is 17.2 Å². The molecule has 0 bridgehead atoms. The summed E-state index contributed by atoms with van der Waals surface area (Å²) in [7, 11) is 0. The van der Waals surface area contributed by atoms with E-state index in [1.165, 1.54) is 0 Å². The highest BCUT2D eigenvalue weighted by molar-refractivity contribution is 7.09. The van der Waals surface area contributed by atoms with E-state index in [-0.39, 0.29) is 11.6 Å². The number of carbonyl (C=O) groups excluding carboxylic acids is 1. The zero-order valence-electron chi connectivity index (χ0n) is 13.9. The van der Waals surface area contributed by atoms with Gasteiger partial charge in [0.25, 0.3) is 5.91 Å². The molecule has 1 aromatic carbocycles. The number of thiazole rings is 1. The Kier molecular flexibility index (Phi) is 4.44. The van der Waals surface area contributed by atoms with Crippen LogP contribution in [0.25, 0.3) is 5.69 Å². The number of nitrogens with zero attached hydrogens (tertiary/aromatic N) is 4. The van der Waals surface area contributed by atoms with Gasteiger partial charge in [0.2, 0.25) is 0 Å². The molecule has 0 aliphatic heterocycles. The van der Waals surface area contributed by atoms with Crippen molar-refractivity contribution in [3.63, 3.8) is 0 Å². The average Bonchev–Trinajstić information content (AvgIpc) is 3.25. The highest BCUT2D eigenvalue weighted by atomic mass is 32.1. The first-order valence-corrected chi connectivity index (χ1v) is 8.62. The van der Waals surface area contributed by atoms with E-state index in [1.807, 2.05) is 56.5 Å². The molecular formula is C17H19N5OS. The van der Waals surface area contributed by atoms with Crippen molar-refractivity contribution < 1.29 is 4.79 Å². The Bertz CT molecular complexity index is 842. The molecule has 24 heavy (non-hydrogen) atoms. The Balaban J connectivity index is 1.81. The Morgan fingerprint density at radius 1 is 1.33 bits per heavy atom. The predicted octanol–water partition coefficient (Wildman–Crippen LogP) is 3.09. The molecule has 3 rings (SSSR count). The van der Waals surface area contributed by atoms with Gasteiger partial charge in [-0.05, 0) is 32.4 Å². The second-order valence-electron chi connectivity index (χ2n) is 5.82. The lowest BCUT2D eigenvalue weighted by atomic mass is 9.99. The van der Waals surface area contributed by atoms with E-state index in [0.29, 0.717) is 0 Å². The zero-order chi connectivity index (χ0) is 17.2. The van der Waals surface area contributed by atoms with Crippen molar-refractivity contribution in [1.29, 1.82) is 0 Å². The molecule has 6 nitrogen and oxygen atoms in total. The number of amides is 1. The maximum absolute atomic E-state index is 12.6. The summed E-state index contributed by atoms with van der Waals surface area (Å²) in [5.41, 5.74) is 1.58. The minimum absolute atomic E-state index is 0.255. The number of para-hydroxylation sites is 1. The Morgan fingerprint density at radius 2 is 2.08 bits per heavy atom. The molecule has 1 amide bonds. The fourth-order valence-corrected chi connectivity index (χ4v) is 3.28. The maximum Gasteiger partial charge on any atom is 0.274 e. The first-order chi connectivity index (χ1) is 11.5. The molecule has 0 aliphatic rings. The molecule has 0 spiro atoms. The standard InChI is InChI=1S/C17H19N5OS/c1-4-17(3,16-18-12(2)11-24-16)19-15(23)14-10-22(21-20-14)13-8-6-5-7-9-13/h5-11H,4H2,1-3H3,(H,19,23). The quantitative estimate of drug-likeness (QED) is 0.774. The van der Waals surface area contributed by atoms with Gasteiger partial charge in [-0.3, -0.25) is 4.79 Å². The van der Waals surface area contributed by atoms with E-state index in [1.54, 1.807) is 22.2 Å². The van der Waals surface area contributed by atoms with Crippen LogP contribution in [0.1, 0.15) is 41.5 Å². The van der Waals surface area contributed by atoms with Gasteiger partial charge in [0.15, 0.2) is 5.69 Å². The fourth-order valence-electron chi connectivity index (χ4n) is 2.29. The number of benzene rings is 1. The zero-order valence-corrected chi connectivity index (χ0v) is 14.7. The SMILES string of the molecule is CCC(C)(NC(=O)c1cn(-c2ccccc2)nn1)c1nc(C)cs1. The molecular weight excluding hydrogens is 322 g/mol. The van der Waals surface area contributed by atoms with Crippen LogP contribution in [0.3, 0.4) is 0 Å². The van der Waals surface area contributed by atoms with Gasteiger partial charge in [0.05, 0.1) is 17.4 Å². The molecule has 0 saturated carbocycles. The molecule has 2 heterocycles. The summed E-state index contributed by atoms with van der Waals surface area (Å²) in [6.07, 6.45) is 2.37. The van der Waals surface area contributed by atoms with Crippen LogP contribution in [0.2, 0.25) is 0 Å². The fraction of sp³-hybridized carbons (Fsp3) is 0.294. The van der Waals surface area contributed by atoms with Crippen LogP contribution < -0.4 is 5.32 Å². The molecule has 0 aliphatic carbocycles. The van der Waals surface area contributed by atoms with Crippen LogP contribution in [-0.4, -0.2) is 25.9 Å². The number of aromatic nitrogens is 4. The molecule has 1 N–H and O–H groups in total. The van der Waals surface area contributed by atoms with Crippen molar-refractivity contribution in [2.75, 3.05) is 0 Å². The third-order valence-corrected chi connectivity index (χ3v) is 5.16. The second-order valence-corrected chi connectivity index (χ2v) is 6.68. The summed E-state index contributed by atoms with van der Waals surface area (Å²) in [4.78, 5) is 17.1. The average molecular weight is 341 g/mol. The maximum atomic E-state index is 12.6. The van der Waals surface area contributed by atoms with E-state index in [0.717, 1.165) is 22.8 Å². The molecule has 2 aromatic heterocycles. The topological polar surface area (TPSA) is 72.7 Å². The molecule has 0 radical (unpaired) electrons. The number of hydrogen-bond donors (Lipinski definition) is 1. The minimum atomic E-state index is -0.521. The van der Waals surface area contributed by atoms with Crippen molar-refractivity contribution in [2.24, 2.45) is 0 Å². The van der Waals surface area contributed by atoms with E-state index in [9.17, 15) is 4.79 Å². The van der Waals surface area contributed by atoms with Crippen molar-refractivity contribution in [3.8, 4) is 5.69 Å². The lowest BCUT2D eigenvalue weighted by Gasteiger charge is -2.26. The van der Waals surface area contributed by atoms with Gasteiger partial charge in [-0.25, -0.2) is 9.67 Å². The third kappa shape index (κ3) is 3.21. The summed E-state index contributed by atoms with van der Waals surface area (Å²) in [5, 5.41) is 14.0. The predicted molar refractivity (Wildman–Crippen MR) is 93.3 cm³/mol. The first-order valence-electron chi connectivity index (χ1n) is 7.75. The molecule has 0 saturated heterocycles. The lowest BCUT2D eigenvalue weighted by molar-refractivity contribution is 0.0896. The molecule has 1 atom stereocenters. The number of rotatable bonds is 5. The molecule has 3 aromatic rings. The normalized spacial score (nSPS) is 13.5. The van der Waals surface area contributed by atoms with Gasteiger partial charge in [-0.1, -0.05) is 30.3 Å². The highest BCUT2D eigenvalue weighted by Gasteiger charge is 2.31. The highest BCUT2D eigenvalue weighted by Crippen LogP contribution is 2.27. The Labute approximate surface area is 144 Å². The van der Waals surface area contributed by atoms with Gasteiger partial charge in [0, 0.05) is 11.1 Å². The summed E-state index contributed by atoms with van der Waals surface area (Å²) >= 11 is 1.55. The summed E-state index contributed by atoms with van der Waals surface area (Å²) in [5.74, 6) is -0.255. The first kappa shape index (κ1) is 16.3. The van der Waals surface area contributed by atoms with E-state index in [4.69, 9.17) is 0 Å². The van der Waals surface area contributed by atoms with Crippen LogP contribution in [0.5, 0.6) is 0 Å². The molecule has 7 heteroatoms. The third-order valence-electron chi connectivity index (χ3n) is 3.93. The van der Waals surface area contributed by atoms with Crippen LogP contribution >= 0.6 is 11.3 Å². The van der Waals surface area contributed by atoms with Gasteiger partial charge in [0.1, 0.15) is 5.01 Å². The monoisotopic (exact) mass is 341 g/mol. The summed E-state index contributed by atoms with van der Waals surface area (Å²) in [6, 6.07) is 9.57. The number of hydrogen-bond acceptors (Lipinski definition) is 5. The van der Waals surface area contributed by atoms with Crippen LogP contribution in [0.15, 0.2) is 41.9 Å². The largest absolute Gasteiger partial charge is 0.339 e. The number of carbonyl (C=O) groups is 1. The van der Waals surface area contributed by atoms with Crippen molar-refractivity contribution in [1.82, 2.24) is 25.3 Å². The van der Waals surface area contributed by atoms with Crippen LogP contribution in [-0.2, 0) is 5.54 Å². The molecule has 0 fully saturated rings. The molecule has 124 valence electrons. The Morgan fingerprint density at radius 3 is 2.71 bits per heavy atom. The van der Waals surface area contributed by atoms with E-state index < -0.39 is 5.54 Å². The second kappa shape index (κ2) is 6.52. The van der Waals surface area contributed by atoms with Crippen LogP contribution in [0.4, 0.5) is 0 Å². The van der Waals surface area contributed by atoms with Gasteiger partial charge >= 0.3 is 0 Å². The number of nitrogens with one attached hydrogen (secondary N) is 1. The molecule has 1 unspecified atom stereocenters. The van der Waals surface area contributed by atoms with Gasteiger partial charge in [-0.2, -0.15) is 0 Å². The van der Waals surface area contributed by atoms with E-state index >= 15 is 0 Å². The summed E-state index contributed by atoms with van der Waals surface area (Å²) in [6.45, 7) is 5.95. The minimum Gasteiger partial charge on any atom is -0.339 e. The summed E-state index contributed by atoms with van der Waals surface area (Å²) < 4.78 is 1.59. The van der Waals surface area contributed by atoms with Gasteiger partial charge < -0.3 is 5.32 Å².